The number of aliphatic hydroxyl groups excluding tert-OH is 3. The number of carbonyl (C=O) groups excluding carboxylic acids is 2. The van der Waals surface area contributed by atoms with Gasteiger partial charge in [0, 0.05) is 37.3 Å². The normalized spacial score (nSPS) is 49.7. The van der Waals surface area contributed by atoms with Crippen molar-refractivity contribution in [2.75, 3.05) is 21.2 Å². The third kappa shape index (κ3) is 9.51. The fourth-order valence-electron chi connectivity index (χ4n) is 8.41. The number of nitrogens with zero attached hydrogens (tertiary/aromatic N) is 1. The van der Waals surface area contributed by atoms with Crippen LogP contribution in [0.25, 0.3) is 0 Å². The summed E-state index contributed by atoms with van der Waals surface area (Å²) in [5, 5.41) is 57.6. The molecule has 0 aromatic heterocycles. The molecule has 0 bridgehead atoms. The van der Waals surface area contributed by atoms with Gasteiger partial charge in [0.15, 0.2) is 12.6 Å². The first-order valence-electron chi connectivity index (χ1n) is 18.5. The van der Waals surface area contributed by atoms with Crippen LogP contribution in [0.4, 0.5) is 0 Å². The lowest BCUT2D eigenvalue weighted by molar-refractivity contribution is -0.318. The Kier molecular flexibility index (Phi) is 14.7. The van der Waals surface area contributed by atoms with Crippen LogP contribution in [0.2, 0.25) is 0 Å². The summed E-state index contributed by atoms with van der Waals surface area (Å²) in [5.74, 6) is -4.98. The zero-order chi connectivity index (χ0) is 39.0. The van der Waals surface area contributed by atoms with E-state index in [4.69, 9.17) is 28.4 Å². The number of Topliss-reactive ketones (excluding diaryl/α,β-unsaturated/α-hetero) is 1. The number of hydrogen-bond acceptors (Lipinski definition) is 14. The van der Waals surface area contributed by atoms with Gasteiger partial charge in [0.1, 0.15) is 29.7 Å². The van der Waals surface area contributed by atoms with Crippen molar-refractivity contribution >= 4 is 11.8 Å². The first-order valence-corrected chi connectivity index (χ1v) is 18.5. The highest BCUT2D eigenvalue weighted by Gasteiger charge is 2.53. The number of carbonyl (C=O) groups is 2. The van der Waals surface area contributed by atoms with Crippen LogP contribution in [0.3, 0.4) is 0 Å². The molecule has 3 saturated heterocycles. The number of aliphatic hydroxyl groups is 5. The largest absolute Gasteiger partial charge is 0.459 e. The maximum atomic E-state index is 14.1. The van der Waals surface area contributed by atoms with E-state index < -0.39 is 108 Å². The number of rotatable bonds is 7. The summed E-state index contributed by atoms with van der Waals surface area (Å²) in [6.45, 7) is 16.3. The van der Waals surface area contributed by atoms with Gasteiger partial charge < -0.3 is 58.9 Å². The van der Waals surface area contributed by atoms with Crippen molar-refractivity contribution in [3.05, 3.63) is 0 Å². The van der Waals surface area contributed by atoms with Crippen LogP contribution in [0.15, 0.2) is 0 Å². The van der Waals surface area contributed by atoms with Gasteiger partial charge in [0.05, 0.1) is 47.6 Å². The molecule has 3 fully saturated rings. The summed E-state index contributed by atoms with van der Waals surface area (Å²) < 4.78 is 37.1. The lowest BCUT2D eigenvalue weighted by Gasteiger charge is -2.49. The second kappa shape index (κ2) is 17.0. The molecule has 14 nitrogen and oxygen atoms in total. The highest BCUT2D eigenvalue weighted by molar-refractivity contribution is 5.83. The molecule has 14 heteroatoms. The molecule has 3 aliphatic rings. The second-order valence-corrected chi connectivity index (χ2v) is 16.5. The SMILES string of the molecule is CC[C@H]1OC(=O)[C@H](C)[C@@H](O[C@H]2C[C@@](C)(OC)[C@@H](O)[C@H](C)O2)[C@H](C)[C@@H](O[C@H]2O[C@H](C)C[C@H](N(C)C)[C@H]2O)[C@](C)(O)C[C@@H](C)C(=O)[C@H](C)[C@@H](O)[C@]1(C)O. The van der Waals surface area contributed by atoms with Crippen LogP contribution in [-0.4, -0.2) is 148 Å². The Morgan fingerprint density at radius 1 is 0.882 bits per heavy atom. The Labute approximate surface area is 304 Å². The average Bonchev–Trinajstić information content (AvgIpc) is 3.05. The van der Waals surface area contributed by atoms with E-state index in [2.05, 4.69) is 0 Å². The van der Waals surface area contributed by atoms with E-state index in [0.29, 0.717) is 6.42 Å². The zero-order valence-corrected chi connectivity index (χ0v) is 32.9. The van der Waals surface area contributed by atoms with Gasteiger partial charge in [-0.1, -0.05) is 27.7 Å². The smallest absolute Gasteiger partial charge is 0.311 e. The Morgan fingerprint density at radius 2 is 1.49 bits per heavy atom. The summed E-state index contributed by atoms with van der Waals surface area (Å²) in [7, 11) is 5.18. The van der Waals surface area contributed by atoms with Gasteiger partial charge in [0.25, 0.3) is 0 Å². The average molecular weight is 734 g/mol. The first-order chi connectivity index (χ1) is 23.4. The molecule has 0 unspecified atom stereocenters. The quantitative estimate of drug-likeness (QED) is 0.238. The van der Waals surface area contributed by atoms with Gasteiger partial charge in [-0.05, 0) is 74.9 Å². The molecule has 51 heavy (non-hydrogen) atoms. The molecule has 0 amide bonds. The topological polar surface area (TPSA) is 194 Å². The highest BCUT2D eigenvalue weighted by atomic mass is 16.7. The number of cyclic esters (lactones) is 1. The second-order valence-electron chi connectivity index (χ2n) is 16.5. The van der Waals surface area contributed by atoms with Crippen LogP contribution >= 0.6 is 0 Å². The highest BCUT2D eigenvalue weighted by Crippen LogP contribution is 2.40. The number of ketones is 1. The maximum absolute atomic E-state index is 14.1. The predicted molar refractivity (Wildman–Crippen MR) is 186 cm³/mol. The van der Waals surface area contributed by atoms with Gasteiger partial charge >= 0.3 is 5.97 Å². The van der Waals surface area contributed by atoms with E-state index >= 15 is 0 Å². The Morgan fingerprint density at radius 3 is 2.04 bits per heavy atom. The van der Waals surface area contributed by atoms with E-state index in [-0.39, 0.29) is 31.4 Å². The van der Waals surface area contributed by atoms with Crippen molar-refractivity contribution in [2.45, 2.75) is 179 Å². The van der Waals surface area contributed by atoms with Crippen LogP contribution in [0, 0.1) is 23.7 Å². The van der Waals surface area contributed by atoms with Gasteiger partial charge in [-0.3, -0.25) is 9.59 Å². The zero-order valence-electron chi connectivity index (χ0n) is 32.9. The van der Waals surface area contributed by atoms with Crippen molar-refractivity contribution in [3.63, 3.8) is 0 Å². The summed E-state index contributed by atoms with van der Waals surface area (Å²) >= 11 is 0. The minimum Gasteiger partial charge on any atom is -0.459 e. The molecule has 0 radical (unpaired) electrons. The molecular formula is C37H67NO13. The third-order valence-corrected chi connectivity index (χ3v) is 11.8. The van der Waals surface area contributed by atoms with Gasteiger partial charge in [-0.25, -0.2) is 0 Å². The van der Waals surface area contributed by atoms with E-state index in [9.17, 15) is 35.1 Å². The molecule has 3 rings (SSSR count). The number of likely N-dealkylation sites (N-methyl/N-ethyl adjacent to an activating group) is 1. The number of methoxy groups -OCH3 is 1. The summed E-state index contributed by atoms with van der Waals surface area (Å²) in [5.41, 5.74) is -4.84. The van der Waals surface area contributed by atoms with Crippen LogP contribution in [0.5, 0.6) is 0 Å². The Hall–Kier alpha value is -1.30. The maximum Gasteiger partial charge on any atom is 0.311 e. The molecule has 3 aliphatic heterocycles. The molecule has 298 valence electrons. The molecule has 18 atom stereocenters. The summed E-state index contributed by atoms with van der Waals surface area (Å²) in [6, 6.07) is -0.324. The fraction of sp³-hybridized carbons (Fsp3) is 0.946. The Balaban J connectivity index is 2.18. The van der Waals surface area contributed by atoms with E-state index in [1.54, 1.807) is 41.5 Å². The predicted octanol–water partition coefficient (Wildman–Crippen LogP) is 1.79. The molecule has 0 saturated carbocycles. The van der Waals surface area contributed by atoms with Crippen molar-refractivity contribution in [3.8, 4) is 0 Å². The molecule has 0 spiro atoms. The van der Waals surface area contributed by atoms with Crippen molar-refractivity contribution in [1.82, 2.24) is 4.90 Å². The molecule has 0 aliphatic carbocycles. The van der Waals surface area contributed by atoms with E-state index in [1.165, 1.54) is 27.9 Å². The van der Waals surface area contributed by atoms with Crippen molar-refractivity contribution in [1.29, 1.82) is 0 Å². The molecular weight excluding hydrogens is 666 g/mol. The Bertz CT molecular complexity index is 1170. The van der Waals surface area contributed by atoms with Crippen molar-refractivity contribution < 1.29 is 63.5 Å². The first kappa shape index (κ1) is 44.1. The van der Waals surface area contributed by atoms with Crippen molar-refractivity contribution in [2.24, 2.45) is 23.7 Å². The fourth-order valence-corrected chi connectivity index (χ4v) is 8.41. The molecule has 0 aromatic rings. The summed E-state index contributed by atoms with van der Waals surface area (Å²) in [4.78, 5) is 29.8. The van der Waals surface area contributed by atoms with E-state index in [0.717, 1.165) is 0 Å². The number of ether oxygens (including phenoxy) is 6. The monoisotopic (exact) mass is 733 g/mol. The van der Waals surface area contributed by atoms with Gasteiger partial charge in [-0.2, -0.15) is 0 Å². The van der Waals surface area contributed by atoms with Gasteiger partial charge in [0.2, 0.25) is 0 Å². The lowest BCUT2D eigenvalue weighted by atomic mass is 9.74. The number of esters is 1. The van der Waals surface area contributed by atoms with Gasteiger partial charge in [-0.15, -0.1) is 0 Å². The standard InChI is InChI=1S/C37H67NO13/c1-14-25-37(10,45)30(41)20(4)27(39)18(2)16-35(8,44)32(51-34-28(40)24(38(11)12)15-19(3)47-34)21(5)29(22(6)33(43)49-25)50-26-17-36(9,46-13)31(42)23(7)48-26/h18-26,28-32,34,40-42,44-45H,14-17H2,1-13H3/t18-,19-,20+,21+,22-,23+,24+,25-,26+,28-,29+,30-,31+,32-,34-,35-,36-,37-/m1/s1. The lowest BCUT2D eigenvalue weighted by Crippen LogP contribution is -2.61. The molecule has 3 heterocycles. The minimum atomic E-state index is -1.99. The third-order valence-electron chi connectivity index (χ3n) is 11.8. The van der Waals surface area contributed by atoms with Crippen LogP contribution in [-0.2, 0) is 38.0 Å². The van der Waals surface area contributed by atoms with Crippen LogP contribution < -0.4 is 0 Å². The summed E-state index contributed by atoms with van der Waals surface area (Å²) in [6.07, 6.45) is -9.71. The number of hydrogen-bond donors (Lipinski definition) is 5. The molecule has 0 aromatic carbocycles. The van der Waals surface area contributed by atoms with E-state index in [1.807, 2.05) is 25.9 Å². The minimum absolute atomic E-state index is 0.0936. The van der Waals surface area contributed by atoms with Crippen LogP contribution in [0.1, 0.15) is 94.9 Å². The molecule has 5 N–H and O–H groups in total.